The van der Waals surface area contributed by atoms with E-state index < -0.39 is 6.17 Å². The second-order valence-electron chi connectivity index (χ2n) is 2.93. The smallest absolute Gasteiger partial charge is 0.219 e. The molecule has 0 saturated heterocycles. The van der Waals surface area contributed by atoms with Crippen LogP contribution in [0, 0.1) is 0 Å². The lowest BCUT2D eigenvalue weighted by molar-refractivity contribution is -0.121. The number of carbonyl (C=O) groups excluding carboxylic acids is 1. The summed E-state index contributed by atoms with van der Waals surface area (Å²) >= 11 is 0. The van der Waals surface area contributed by atoms with Gasteiger partial charge in [-0.3, -0.25) is 4.79 Å². The van der Waals surface area contributed by atoms with Crippen LogP contribution in [0.25, 0.3) is 0 Å². The number of nitrogens with one attached hydrogen (secondary N) is 2. The Bertz CT molecular complexity index is 157. The van der Waals surface area contributed by atoms with Crippen LogP contribution in [-0.2, 0) is 9.53 Å². The highest BCUT2D eigenvalue weighted by molar-refractivity contribution is 5.75. The van der Waals surface area contributed by atoms with Gasteiger partial charge in [-0.1, -0.05) is 20.8 Å². The van der Waals surface area contributed by atoms with Crippen LogP contribution in [0.15, 0.2) is 0 Å². The SMILES string of the molecule is CC.CCC(=O)NCC(F)COCCNC. The fourth-order valence-electron chi connectivity index (χ4n) is 0.794. The Morgan fingerprint density at radius 2 is 2.06 bits per heavy atom. The van der Waals surface area contributed by atoms with Gasteiger partial charge in [0.05, 0.1) is 19.8 Å². The Morgan fingerprint density at radius 1 is 1.44 bits per heavy atom. The highest BCUT2D eigenvalue weighted by Gasteiger charge is 2.07. The van der Waals surface area contributed by atoms with Crippen LogP contribution >= 0.6 is 0 Å². The minimum absolute atomic E-state index is 0.0334. The van der Waals surface area contributed by atoms with Crippen LogP contribution in [0.1, 0.15) is 27.2 Å². The lowest BCUT2D eigenvalue weighted by atomic mass is 10.4. The second-order valence-corrected chi connectivity index (χ2v) is 2.93. The van der Waals surface area contributed by atoms with E-state index in [0.717, 1.165) is 0 Å². The van der Waals surface area contributed by atoms with Crippen molar-refractivity contribution in [3.05, 3.63) is 0 Å². The van der Waals surface area contributed by atoms with Gasteiger partial charge in [0.1, 0.15) is 6.17 Å². The number of halogens is 1. The minimum Gasteiger partial charge on any atom is -0.377 e. The van der Waals surface area contributed by atoms with Crippen molar-refractivity contribution in [3.63, 3.8) is 0 Å². The van der Waals surface area contributed by atoms with Crippen LogP contribution in [-0.4, -0.2) is 45.4 Å². The van der Waals surface area contributed by atoms with Crippen LogP contribution < -0.4 is 10.6 Å². The Balaban J connectivity index is 0. The highest BCUT2D eigenvalue weighted by atomic mass is 19.1. The third kappa shape index (κ3) is 13.3. The fraction of sp³-hybridized carbons (Fsp3) is 0.909. The van der Waals surface area contributed by atoms with Crippen molar-refractivity contribution in [1.29, 1.82) is 0 Å². The minimum atomic E-state index is -1.12. The third-order valence-electron chi connectivity index (χ3n) is 1.64. The molecular formula is C11H25FN2O2. The van der Waals surface area contributed by atoms with Gasteiger partial charge in [0, 0.05) is 13.0 Å². The Hall–Kier alpha value is -0.680. The molecule has 0 aliphatic heterocycles. The second kappa shape index (κ2) is 14.3. The molecule has 1 amide bonds. The summed E-state index contributed by atoms with van der Waals surface area (Å²) < 4.78 is 18.0. The molecule has 5 heteroatoms. The molecule has 16 heavy (non-hydrogen) atoms. The normalized spacial score (nSPS) is 11.3. The Morgan fingerprint density at radius 3 is 2.56 bits per heavy atom. The molecule has 0 aromatic rings. The molecule has 0 aromatic heterocycles. The molecule has 0 aromatic carbocycles. The van der Waals surface area contributed by atoms with Gasteiger partial charge in [-0.2, -0.15) is 0 Å². The molecule has 4 nitrogen and oxygen atoms in total. The van der Waals surface area contributed by atoms with Gasteiger partial charge in [0.25, 0.3) is 0 Å². The quantitative estimate of drug-likeness (QED) is 0.621. The van der Waals surface area contributed by atoms with Crippen molar-refractivity contribution in [3.8, 4) is 0 Å². The van der Waals surface area contributed by atoms with Crippen LogP contribution in [0.5, 0.6) is 0 Å². The predicted molar refractivity (Wildman–Crippen MR) is 64.3 cm³/mol. The molecule has 98 valence electrons. The standard InChI is InChI=1S/C9H19FN2O2.C2H6/c1-3-9(13)12-6-8(10)7-14-5-4-11-2;1-2/h8,11H,3-7H2,1-2H3,(H,12,13);1-2H3. The molecule has 0 radical (unpaired) electrons. The number of likely N-dealkylation sites (N-methyl/N-ethyl adjacent to an activating group) is 1. The monoisotopic (exact) mass is 236 g/mol. The van der Waals surface area contributed by atoms with E-state index in [0.29, 0.717) is 19.6 Å². The van der Waals surface area contributed by atoms with E-state index in [9.17, 15) is 9.18 Å². The van der Waals surface area contributed by atoms with Gasteiger partial charge >= 0.3 is 0 Å². The van der Waals surface area contributed by atoms with Gasteiger partial charge in [-0.15, -0.1) is 0 Å². The van der Waals surface area contributed by atoms with E-state index in [-0.39, 0.29) is 19.1 Å². The highest BCUT2D eigenvalue weighted by Crippen LogP contribution is 1.90. The summed E-state index contributed by atoms with van der Waals surface area (Å²) in [4.78, 5) is 10.8. The molecule has 2 N–H and O–H groups in total. The van der Waals surface area contributed by atoms with Gasteiger partial charge < -0.3 is 15.4 Å². The summed E-state index contributed by atoms with van der Waals surface area (Å²) in [6.45, 7) is 6.98. The summed E-state index contributed by atoms with van der Waals surface area (Å²) in [5.74, 6) is -0.136. The van der Waals surface area contributed by atoms with Crippen molar-refractivity contribution in [2.45, 2.75) is 33.4 Å². The van der Waals surface area contributed by atoms with E-state index in [1.807, 2.05) is 13.8 Å². The van der Waals surface area contributed by atoms with Crippen molar-refractivity contribution in [2.75, 3.05) is 33.4 Å². The number of carbonyl (C=O) groups is 1. The summed E-state index contributed by atoms with van der Waals surface area (Å²) in [5, 5.41) is 5.35. The maximum Gasteiger partial charge on any atom is 0.219 e. The van der Waals surface area contributed by atoms with Gasteiger partial charge in [-0.05, 0) is 7.05 Å². The average Bonchev–Trinajstić information content (AvgIpc) is 2.34. The zero-order valence-electron chi connectivity index (χ0n) is 10.8. The van der Waals surface area contributed by atoms with Crippen LogP contribution in [0.4, 0.5) is 4.39 Å². The number of hydrogen-bond donors (Lipinski definition) is 2. The Labute approximate surface area is 97.9 Å². The summed E-state index contributed by atoms with van der Waals surface area (Å²) in [6, 6.07) is 0. The summed E-state index contributed by atoms with van der Waals surface area (Å²) in [6.07, 6.45) is -0.741. The molecule has 0 aliphatic carbocycles. The van der Waals surface area contributed by atoms with Crippen molar-refractivity contribution in [1.82, 2.24) is 10.6 Å². The van der Waals surface area contributed by atoms with Gasteiger partial charge in [-0.25, -0.2) is 4.39 Å². The zero-order chi connectivity index (χ0) is 12.8. The number of amides is 1. The van der Waals surface area contributed by atoms with Crippen molar-refractivity contribution in [2.24, 2.45) is 0 Å². The Kier molecular flexibility index (Phi) is 15.8. The first-order valence-corrected chi connectivity index (χ1v) is 5.83. The predicted octanol–water partition coefficient (Wildman–Crippen LogP) is 1.11. The lowest BCUT2D eigenvalue weighted by Gasteiger charge is -2.09. The first kappa shape index (κ1) is 17.7. The third-order valence-corrected chi connectivity index (χ3v) is 1.64. The van der Waals surface area contributed by atoms with Crippen LogP contribution in [0.2, 0.25) is 0 Å². The van der Waals surface area contributed by atoms with E-state index in [1.165, 1.54) is 0 Å². The fourth-order valence-corrected chi connectivity index (χ4v) is 0.794. The lowest BCUT2D eigenvalue weighted by Crippen LogP contribution is -2.32. The molecule has 1 unspecified atom stereocenters. The van der Waals surface area contributed by atoms with E-state index in [2.05, 4.69) is 10.6 Å². The molecule has 0 heterocycles. The molecule has 0 aliphatic rings. The topological polar surface area (TPSA) is 50.4 Å². The van der Waals surface area contributed by atoms with E-state index in [1.54, 1.807) is 14.0 Å². The molecule has 0 spiro atoms. The molecule has 1 atom stereocenters. The number of hydrogen-bond acceptors (Lipinski definition) is 3. The van der Waals surface area contributed by atoms with Crippen molar-refractivity contribution < 1.29 is 13.9 Å². The summed E-state index contributed by atoms with van der Waals surface area (Å²) in [5.41, 5.74) is 0. The molecular weight excluding hydrogens is 211 g/mol. The molecule has 0 saturated carbocycles. The van der Waals surface area contributed by atoms with Crippen molar-refractivity contribution >= 4 is 5.91 Å². The maximum absolute atomic E-state index is 13.0. The number of alkyl halides is 1. The van der Waals surface area contributed by atoms with Gasteiger partial charge in [0.15, 0.2) is 0 Å². The first-order chi connectivity index (χ1) is 7.70. The van der Waals surface area contributed by atoms with Gasteiger partial charge in [0.2, 0.25) is 5.91 Å². The van der Waals surface area contributed by atoms with E-state index in [4.69, 9.17) is 4.74 Å². The number of rotatable bonds is 8. The number of ether oxygens (including phenoxy) is 1. The molecule has 0 rings (SSSR count). The molecule has 0 fully saturated rings. The maximum atomic E-state index is 13.0. The summed E-state index contributed by atoms with van der Waals surface area (Å²) in [7, 11) is 1.80. The largest absolute Gasteiger partial charge is 0.377 e. The van der Waals surface area contributed by atoms with Crippen LogP contribution in [0.3, 0.4) is 0 Å². The first-order valence-electron chi connectivity index (χ1n) is 5.83. The van der Waals surface area contributed by atoms with E-state index >= 15 is 0 Å². The average molecular weight is 236 g/mol. The zero-order valence-corrected chi connectivity index (χ0v) is 10.8. The molecule has 0 bridgehead atoms.